The zero-order valence-electron chi connectivity index (χ0n) is 10.4. The van der Waals surface area contributed by atoms with Crippen molar-refractivity contribution in [3.05, 3.63) is 47.5 Å². The number of fused-ring (bicyclic) bond motifs is 2. The van der Waals surface area contributed by atoms with Crippen LogP contribution in [0.3, 0.4) is 0 Å². The number of phenols is 2. The molecule has 3 aromatic carbocycles. The zero-order valence-corrected chi connectivity index (χ0v) is 10.4. The first-order valence-electron chi connectivity index (χ1n) is 5.94. The minimum Gasteiger partial charge on any atom is -0.507 e. The Labute approximate surface area is 105 Å². The first-order valence-corrected chi connectivity index (χ1v) is 5.94. The fraction of sp³-hybridized carbons (Fsp3) is 0.125. The first-order chi connectivity index (χ1) is 8.61. The molecular weight excluding hydrogens is 224 g/mol. The molecule has 0 heterocycles. The number of hydrogen-bond donors (Lipinski definition) is 2. The topological polar surface area (TPSA) is 40.5 Å². The molecule has 90 valence electrons. The van der Waals surface area contributed by atoms with Gasteiger partial charge >= 0.3 is 0 Å². The van der Waals surface area contributed by atoms with Gasteiger partial charge in [0, 0.05) is 21.5 Å². The Bertz CT molecular complexity index is 707. The van der Waals surface area contributed by atoms with Gasteiger partial charge in [-0.15, -0.1) is 0 Å². The summed E-state index contributed by atoms with van der Waals surface area (Å²) >= 11 is 0. The molecule has 0 atom stereocenters. The van der Waals surface area contributed by atoms with E-state index >= 15 is 0 Å². The Kier molecular flexibility index (Phi) is 2.20. The van der Waals surface area contributed by atoms with Gasteiger partial charge in [-0.2, -0.15) is 0 Å². The molecule has 0 aromatic heterocycles. The van der Waals surface area contributed by atoms with Crippen molar-refractivity contribution in [1.29, 1.82) is 0 Å². The van der Waals surface area contributed by atoms with Crippen LogP contribution >= 0.6 is 0 Å². The van der Waals surface area contributed by atoms with Gasteiger partial charge in [0.2, 0.25) is 0 Å². The van der Waals surface area contributed by atoms with E-state index in [4.69, 9.17) is 0 Å². The zero-order chi connectivity index (χ0) is 12.9. The number of benzene rings is 3. The molecule has 0 amide bonds. The third kappa shape index (κ3) is 1.29. The van der Waals surface area contributed by atoms with Gasteiger partial charge in [0.1, 0.15) is 11.5 Å². The number of rotatable bonds is 0. The van der Waals surface area contributed by atoms with Crippen molar-refractivity contribution in [2.24, 2.45) is 0 Å². The second-order valence-electron chi connectivity index (χ2n) is 4.69. The van der Waals surface area contributed by atoms with Crippen LogP contribution in [-0.4, -0.2) is 10.2 Å². The van der Waals surface area contributed by atoms with Crippen molar-refractivity contribution in [2.75, 3.05) is 0 Å². The number of aromatic hydroxyl groups is 2. The molecule has 2 nitrogen and oxygen atoms in total. The molecule has 0 aliphatic heterocycles. The standard InChI is InChI=1S/C16H14O2/c1-9-7-8-10(2)14-13(9)15(17)11-5-3-4-6-12(11)16(14)18/h3-8,17-18H,1-2H3. The van der Waals surface area contributed by atoms with Crippen molar-refractivity contribution < 1.29 is 10.2 Å². The van der Waals surface area contributed by atoms with Crippen LogP contribution in [0.2, 0.25) is 0 Å². The summed E-state index contributed by atoms with van der Waals surface area (Å²) in [6, 6.07) is 11.3. The molecule has 3 aromatic rings. The second kappa shape index (κ2) is 3.64. The molecule has 0 bridgehead atoms. The molecule has 3 rings (SSSR count). The minimum absolute atomic E-state index is 0.250. The minimum atomic E-state index is 0.250. The van der Waals surface area contributed by atoms with Gasteiger partial charge < -0.3 is 10.2 Å². The van der Waals surface area contributed by atoms with Crippen LogP contribution < -0.4 is 0 Å². The molecule has 0 unspecified atom stereocenters. The fourth-order valence-corrected chi connectivity index (χ4v) is 2.59. The molecule has 0 saturated heterocycles. The monoisotopic (exact) mass is 238 g/mol. The highest BCUT2D eigenvalue weighted by Gasteiger charge is 2.15. The lowest BCUT2D eigenvalue weighted by Gasteiger charge is -2.13. The smallest absolute Gasteiger partial charge is 0.131 e. The van der Waals surface area contributed by atoms with E-state index in [2.05, 4.69) is 0 Å². The summed E-state index contributed by atoms with van der Waals surface area (Å²) in [4.78, 5) is 0. The Morgan fingerprint density at radius 2 is 1.06 bits per heavy atom. The summed E-state index contributed by atoms with van der Waals surface area (Å²) in [7, 11) is 0. The second-order valence-corrected chi connectivity index (χ2v) is 4.69. The summed E-state index contributed by atoms with van der Waals surface area (Å²) in [5.41, 5.74) is 1.93. The Morgan fingerprint density at radius 1 is 0.667 bits per heavy atom. The highest BCUT2D eigenvalue weighted by Crippen LogP contribution is 2.43. The van der Waals surface area contributed by atoms with Gasteiger partial charge in [-0.25, -0.2) is 0 Å². The summed E-state index contributed by atoms with van der Waals surface area (Å²) in [5, 5.41) is 23.7. The Morgan fingerprint density at radius 3 is 1.44 bits per heavy atom. The van der Waals surface area contributed by atoms with Crippen LogP contribution in [0.15, 0.2) is 36.4 Å². The van der Waals surface area contributed by atoms with Crippen molar-refractivity contribution >= 4 is 21.5 Å². The van der Waals surface area contributed by atoms with Crippen molar-refractivity contribution in [3.8, 4) is 11.5 Å². The van der Waals surface area contributed by atoms with Crippen molar-refractivity contribution in [2.45, 2.75) is 13.8 Å². The van der Waals surface area contributed by atoms with E-state index in [0.29, 0.717) is 10.8 Å². The quantitative estimate of drug-likeness (QED) is 0.458. The van der Waals surface area contributed by atoms with Crippen LogP contribution in [-0.2, 0) is 0 Å². The predicted molar refractivity (Wildman–Crippen MR) is 74.3 cm³/mol. The maximum absolute atomic E-state index is 10.4. The molecule has 18 heavy (non-hydrogen) atoms. The van der Waals surface area contributed by atoms with E-state index in [1.165, 1.54) is 0 Å². The fourth-order valence-electron chi connectivity index (χ4n) is 2.59. The molecule has 0 saturated carbocycles. The molecular formula is C16H14O2. The molecule has 0 aliphatic carbocycles. The molecule has 0 aliphatic rings. The normalized spacial score (nSPS) is 11.2. The average Bonchev–Trinajstić information content (AvgIpc) is 2.38. The summed E-state index contributed by atoms with van der Waals surface area (Å²) in [5.74, 6) is 0.499. The third-order valence-corrected chi connectivity index (χ3v) is 3.53. The first kappa shape index (κ1) is 10.9. The van der Waals surface area contributed by atoms with Crippen LogP contribution in [0, 0.1) is 13.8 Å². The van der Waals surface area contributed by atoms with Crippen LogP contribution in [0.1, 0.15) is 11.1 Å². The van der Waals surface area contributed by atoms with E-state index < -0.39 is 0 Å². The SMILES string of the molecule is Cc1ccc(C)c2c(O)c3ccccc3c(O)c12. The third-order valence-electron chi connectivity index (χ3n) is 3.53. The number of phenolic OH excluding ortho intramolecular Hbond substituents is 2. The van der Waals surface area contributed by atoms with Gasteiger partial charge in [0.25, 0.3) is 0 Å². The van der Waals surface area contributed by atoms with Crippen LogP contribution in [0.25, 0.3) is 21.5 Å². The summed E-state index contributed by atoms with van der Waals surface area (Å²) in [6.07, 6.45) is 0. The highest BCUT2D eigenvalue weighted by atomic mass is 16.3. The highest BCUT2D eigenvalue weighted by molar-refractivity contribution is 6.12. The maximum Gasteiger partial charge on any atom is 0.131 e. The summed E-state index contributed by atoms with van der Waals surface area (Å²) in [6.45, 7) is 3.88. The molecule has 2 N–H and O–H groups in total. The molecule has 2 heteroatoms. The summed E-state index contributed by atoms with van der Waals surface area (Å²) < 4.78 is 0. The molecule has 0 radical (unpaired) electrons. The van der Waals surface area contributed by atoms with Gasteiger partial charge in [0.15, 0.2) is 0 Å². The van der Waals surface area contributed by atoms with Crippen LogP contribution in [0.4, 0.5) is 0 Å². The van der Waals surface area contributed by atoms with Gasteiger partial charge in [0.05, 0.1) is 0 Å². The van der Waals surface area contributed by atoms with Crippen LogP contribution in [0.5, 0.6) is 11.5 Å². The Hall–Kier alpha value is -2.22. The average molecular weight is 238 g/mol. The number of hydrogen-bond acceptors (Lipinski definition) is 2. The lowest BCUT2D eigenvalue weighted by atomic mass is 9.95. The van der Waals surface area contributed by atoms with Crippen molar-refractivity contribution in [3.63, 3.8) is 0 Å². The van der Waals surface area contributed by atoms with E-state index in [-0.39, 0.29) is 11.5 Å². The van der Waals surface area contributed by atoms with E-state index in [9.17, 15) is 10.2 Å². The molecule has 0 fully saturated rings. The van der Waals surface area contributed by atoms with E-state index in [1.54, 1.807) is 0 Å². The largest absolute Gasteiger partial charge is 0.507 e. The lowest BCUT2D eigenvalue weighted by Crippen LogP contribution is -1.87. The molecule has 0 spiro atoms. The number of aryl methyl sites for hydroxylation is 2. The van der Waals surface area contributed by atoms with Gasteiger partial charge in [-0.3, -0.25) is 0 Å². The van der Waals surface area contributed by atoms with Gasteiger partial charge in [-0.05, 0) is 25.0 Å². The van der Waals surface area contributed by atoms with Gasteiger partial charge in [-0.1, -0.05) is 36.4 Å². The Balaban J connectivity index is 2.72. The van der Waals surface area contributed by atoms with Crippen molar-refractivity contribution in [1.82, 2.24) is 0 Å². The maximum atomic E-state index is 10.4. The lowest BCUT2D eigenvalue weighted by molar-refractivity contribution is 0.478. The predicted octanol–water partition coefficient (Wildman–Crippen LogP) is 4.02. The van der Waals surface area contributed by atoms with E-state index in [1.807, 2.05) is 50.2 Å². The van der Waals surface area contributed by atoms with E-state index in [0.717, 1.165) is 21.9 Å².